The summed E-state index contributed by atoms with van der Waals surface area (Å²) < 4.78 is 18.6. The molecule has 3 nitrogen and oxygen atoms in total. The van der Waals surface area contributed by atoms with E-state index < -0.39 is 11.9 Å². The van der Waals surface area contributed by atoms with Gasteiger partial charge in [-0.05, 0) is 24.3 Å². The van der Waals surface area contributed by atoms with Gasteiger partial charge in [-0.3, -0.25) is 0 Å². The number of aliphatic hydroxyl groups is 1. The van der Waals surface area contributed by atoms with Crippen LogP contribution in [0.25, 0.3) is 0 Å². The second-order valence-corrected chi connectivity index (χ2v) is 4.47. The number of ether oxygens (including phenoxy) is 1. The number of para-hydroxylation sites is 1. The number of nitrogen functional groups attached to an aromatic ring is 1. The molecule has 100 valence electrons. The largest absolute Gasteiger partial charge is 0.493 e. The van der Waals surface area contributed by atoms with Gasteiger partial charge < -0.3 is 15.6 Å². The highest BCUT2D eigenvalue weighted by atomic mass is 35.5. The van der Waals surface area contributed by atoms with Crippen LogP contribution in [-0.4, -0.2) is 12.2 Å². The zero-order valence-electron chi connectivity index (χ0n) is 10.2. The fourth-order valence-electron chi connectivity index (χ4n) is 1.91. The molecular weight excluding hydrogens is 269 g/mol. The zero-order chi connectivity index (χ0) is 14.0. The van der Waals surface area contributed by atoms with Gasteiger partial charge in [0.05, 0.1) is 7.11 Å². The Morgan fingerprint density at radius 1 is 1.26 bits per heavy atom. The molecule has 0 aromatic heterocycles. The number of anilines is 1. The molecule has 0 fully saturated rings. The monoisotopic (exact) mass is 281 g/mol. The van der Waals surface area contributed by atoms with Gasteiger partial charge in [0.15, 0.2) is 11.6 Å². The molecular formula is C14H13ClFNO2. The number of methoxy groups -OCH3 is 1. The summed E-state index contributed by atoms with van der Waals surface area (Å²) in [5, 5.41) is 10.8. The van der Waals surface area contributed by atoms with Crippen molar-refractivity contribution >= 4 is 17.3 Å². The van der Waals surface area contributed by atoms with Gasteiger partial charge in [-0.2, -0.15) is 0 Å². The summed E-state index contributed by atoms with van der Waals surface area (Å²) in [7, 11) is 1.34. The third-order valence-corrected chi connectivity index (χ3v) is 3.07. The molecule has 0 radical (unpaired) electrons. The molecule has 0 saturated heterocycles. The lowest BCUT2D eigenvalue weighted by Crippen LogP contribution is -2.06. The maximum Gasteiger partial charge on any atom is 0.165 e. The van der Waals surface area contributed by atoms with Gasteiger partial charge in [-0.15, -0.1) is 0 Å². The molecule has 5 heteroatoms. The Hall–Kier alpha value is -1.78. The first-order chi connectivity index (χ1) is 9.04. The Kier molecular flexibility index (Phi) is 3.93. The molecule has 0 heterocycles. The van der Waals surface area contributed by atoms with Gasteiger partial charge in [-0.25, -0.2) is 4.39 Å². The normalized spacial score (nSPS) is 12.2. The van der Waals surface area contributed by atoms with Gasteiger partial charge in [0.25, 0.3) is 0 Å². The Bertz CT molecular complexity index is 604. The van der Waals surface area contributed by atoms with E-state index in [-0.39, 0.29) is 5.75 Å². The number of rotatable bonds is 3. The van der Waals surface area contributed by atoms with Crippen LogP contribution in [0.5, 0.6) is 5.75 Å². The average Bonchev–Trinajstić information content (AvgIpc) is 2.40. The van der Waals surface area contributed by atoms with Crippen molar-refractivity contribution in [2.45, 2.75) is 6.10 Å². The molecule has 0 saturated carbocycles. The van der Waals surface area contributed by atoms with Gasteiger partial charge in [0, 0.05) is 21.8 Å². The summed E-state index contributed by atoms with van der Waals surface area (Å²) >= 11 is 5.88. The minimum atomic E-state index is -1.11. The van der Waals surface area contributed by atoms with Crippen molar-refractivity contribution in [3.8, 4) is 5.75 Å². The molecule has 0 aliphatic heterocycles. The highest BCUT2D eigenvalue weighted by Gasteiger charge is 2.20. The third kappa shape index (κ3) is 2.64. The first-order valence-corrected chi connectivity index (χ1v) is 5.97. The highest BCUT2D eigenvalue weighted by Crippen LogP contribution is 2.35. The fourth-order valence-corrected chi connectivity index (χ4v) is 2.09. The van der Waals surface area contributed by atoms with Crippen LogP contribution in [-0.2, 0) is 0 Å². The number of aliphatic hydroxyl groups excluding tert-OH is 1. The molecule has 0 amide bonds. The van der Waals surface area contributed by atoms with Gasteiger partial charge in [0.2, 0.25) is 0 Å². The quantitative estimate of drug-likeness (QED) is 0.850. The Morgan fingerprint density at radius 3 is 2.68 bits per heavy atom. The molecule has 2 rings (SSSR count). The number of nitrogens with two attached hydrogens (primary N) is 1. The SMILES string of the molecule is COc1c(F)cccc1[C@H](O)c1cc(Cl)ccc1N. The van der Waals surface area contributed by atoms with E-state index in [1.165, 1.54) is 19.2 Å². The van der Waals surface area contributed by atoms with E-state index in [2.05, 4.69) is 0 Å². The van der Waals surface area contributed by atoms with E-state index in [1.54, 1.807) is 24.3 Å². The Morgan fingerprint density at radius 2 is 2.00 bits per heavy atom. The first kappa shape index (κ1) is 13.6. The number of hydrogen-bond donors (Lipinski definition) is 2. The standard InChI is InChI=1S/C14H13ClFNO2/c1-19-14-9(3-2-4-11(14)16)13(18)10-7-8(15)5-6-12(10)17/h2-7,13,18H,17H2,1H3/t13-/m0/s1. The smallest absolute Gasteiger partial charge is 0.165 e. The lowest BCUT2D eigenvalue weighted by molar-refractivity contribution is 0.214. The van der Waals surface area contributed by atoms with Crippen LogP contribution in [0.3, 0.4) is 0 Å². The van der Waals surface area contributed by atoms with Crippen LogP contribution in [0.15, 0.2) is 36.4 Å². The van der Waals surface area contributed by atoms with Crippen molar-refractivity contribution in [2.75, 3.05) is 12.8 Å². The summed E-state index contributed by atoms with van der Waals surface area (Å²) in [6.07, 6.45) is -1.11. The van der Waals surface area contributed by atoms with Crippen molar-refractivity contribution in [3.05, 3.63) is 58.4 Å². The maximum atomic E-state index is 13.6. The first-order valence-electron chi connectivity index (χ1n) is 5.60. The number of benzene rings is 2. The van der Waals surface area contributed by atoms with Gasteiger partial charge >= 0.3 is 0 Å². The van der Waals surface area contributed by atoms with Crippen LogP contribution in [0, 0.1) is 5.82 Å². The molecule has 2 aromatic carbocycles. The van der Waals surface area contributed by atoms with E-state index >= 15 is 0 Å². The lowest BCUT2D eigenvalue weighted by atomic mass is 9.99. The summed E-state index contributed by atoms with van der Waals surface area (Å²) in [5.74, 6) is -0.547. The van der Waals surface area contributed by atoms with Crippen LogP contribution in [0.1, 0.15) is 17.2 Å². The van der Waals surface area contributed by atoms with Crippen molar-refractivity contribution in [1.82, 2.24) is 0 Å². The molecule has 0 spiro atoms. The summed E-state index contributed by atoms with van der Waals surface area (Å²) in [4.78, 5) is 0. The van der Waals surface area contributed by atoms with E-state index in [1.807, 2.05) is 0 Å². The number of hydrogen-bond acceptors (Lipinski definition) is 3. The molecule has 0 unspecified atom stereocenters. The highest BCUT2D eigenvalue weighted by molar-refractivity contribution is 6.30. The van der Waals surface area contributed by atoms with Crippen LogP contribution in [0.2, 0.25) is 5.02 Å². The summed E-state index contributed by atoms with van der Waals surface area (Å²) in [6.45, 7) is 0. The van der Waals surface area contributed by atoms with E-state index in [4.69, 9.17) is 22.1 Å². The summed E-state index contributed by atoms with van der Waals surface area (Å²) in [5.41, 5.74) is 6.90. The molecule has 2 aromatic rings. The molecule has 0 aliphatic rings. The minimum absolute atomic E-state index is 0.00521. The van der Waals surface area contributed by atoms with E-state index in [0.717, 1.165) is 0 Å². The van der Waals surface area contributed by atoms with Crippen molar-refractivity contribution < 1.29 is 14.2 Å². The van der Waals surface area contributed by atoms with Crippen LogP contribution < -0.4 is 10.5 Å². The lowest BCUT2D eigenvalue weighted by Gasteiger charge is -2.17. The average molecular weight is 282 g/mol. The maximum absolute atomic E-state index is 13.6. The Balaban J connectivity index is 2.52. The van der Waals surface area contributed by atoms with E-state index in [0.29, 0.717) is 21.8 Å². The summed E-state index contributed by atoms with van der Waals surface area (Å²) in [6, 6.07) is 9.09. The molecule has 3 N–H and O–H groups in total. The fraction of sp³-hybridized carbons (Fsp3) is 0.143. The predicted octanol–water partition coefficient (Wildman–Crippen LogP) is 3.15. The van der Waals surface area contributed by atoms with Gasteiger partial charge in [0.1, 0.15) is 6.10 Å². The van der Waals surface area contributed by atoms with E-state index in [9.17, 15) is 9.50 Å². The molecule has 19 heavy (non-hydrogen) atoms. The molecule has 1 atom stereocenters. The predicted molar refractivity (Wildman–Crippen MR) is 72.9 cm³/mol. The van der Waals surface area contributed by atoms with Crippen LogP contribution in [0.4, 0.5) is 10.1 Å². The minimum Gasteiger partial charge on any atom is -0.493 e. The van der Waals surface area contributed by atoms with Crippen LogP contribution >= 0.6 is 11.6 Å². The van der Waals surface area contributed by atoms with Crippen molar-refractivity contribution in [2.24, 2.45) is 0 Å². The van der Waals surface area contributed by atoms with Crippen molar-refractivity contribution in [3.63, 3.8) is 0 Å². The molecule has 0 bridgehead atoms. The Labute approximate surface area is 115 Å². The number of halogens is 2. The zero-order valence-corrected chi connectivity index (χ0v) is 11.0. The van der Waals surface area contributed by atoms with Gasteiger partial charge in [-0.1, -0.05) is 23.7 Å². The third-order valence-electron chi connectivity index (χ3n) is 2.84. The second-order valence-electron chi connectivity index (χ2n) is 4.04. The second kappa shape index (κ2) is 5.47. The molecule has 0 aliphatic carbocycles. The van der Waals surface area contributed by atoms with Crippen molar-refractivity contribution in [1.29, 1.82) is 0 Å². The topological polar surface area (TPSA) is 55.5 Å².